The molecule has 3 aliphatic rings. The van der Waals surface area contributed by atoms with Crippen molar-refractivity contribution in [3.8, 4) is 0 Å². The van der Waals surface area contributed by atoms with E-state index in [0.717, 1.165) is 0 Å². The summed E-state index contributed by atoms with van der Waals surface area (Å²) in [6.07, 6.45) is 3.78. The van der Waals surface area contributed by atoms with Crippen LogP contribution in [0.3, 0.4) is 0 Å². The van der Waals surface area contributed by atoms with Crippen molar-refractivity contribution in [3.05, 3.63) is 90.5 Å². The van der Waals surface area contributed by atoms with Crippen LogP contribution in [0.25, 0.3) is 0 Å². The Hall–Kier alpha value is -3.99. The molecule has 3 aliphatic heterocycles. The minimum absolute atomic E-state index is 0.0380. The first-order chi connectivity index (χ1) is 23.6. The summed E-state index contributed by atoms with van der Waals surface area (Å²) in [5, 5.41) is 13.8. The van der Waals surface area contributed by atoms with Crippen molar-refractivity contribution < 1.29 is 33.8 Å². The van der Waals surface area contributed by atoms with Crippen LogP contribution in [0.2, 0.25) is 5.02 Å². The van der Waals surface area contributed by atoms with Crippen molar-refractivity contribution >= 4 is 41.0 Å². The zero-order chi connectivity index (χ0) is 35.3. The molecule has 2 bridgehead atoms. The van der Waals surface area contributed by atoms with Gasteiger partial charge in [0.2, 0.25) is 11.8 Å². The number of allylic oxidation sites excluding steroid dienone is 1. The minimum Gasteiger partial charge on any atom is -0.455 e. The first-order valence-corrected chi connectivity index (χ1v) is 17.4. The Bertz CT molecular complexity index is 1550. The largest absolute Gasteiger partial charge is 0.455 e. The number of hydrogen-bond acceptors (Lipinski definition) is 7. The van der Waals surface area contributed by atoms with Gasteiger partial charge in [0.1, 0.15) is 17.7 Å². The lowest BCUT2D eigenvalue weighted by molar-refractivity contribution is -0.161. The fraction of sp³-hybridized carbons (Fsp3) is 0.474. The molecule has 3 heterocycles. The summed E-state index contributed by atoms with van der Waals surface area (Å²) in [6.45, 7) is 11.3. The summed E-state index contributed by atoms with van der Waals surface area (Å²) in [6, 6.07) is 14.2. The van der Waals surface area contributed by atoms with Crippen LogP contribution in [0.1, 0.15) is 57.6 Å². The molecular formula is C38H46ClN3O7. The molecule has 2 aromatic carbocycles. The number of fused-ring (bicyclic) bond motifs is 1. The van der Waals surface area contributed by atoms with Crippen molar-refractivity contribution in [1.29, 1.82) is 0 Å². The van der Waals surface area contributed by atoms with Crippen molar-refractivity contribution in [2.75, 3.05) is 24.6 Å². The summed E-state index contributed by atoms with van der Waals surface area (Å²) in [5.74, 6) is -3.59. The third-order valence-corrected chi connectivity index (χ3v) is 10.1. The SMILES string of the molecule is C=CCCC(=O)NC[C@@H](OC(=O)[C@@H]1[C@@H]2CC[C@]3(O2)[C@H](C(=O)N(CC=C)c2ccccc2Cl)N([C@@H](CO)CC(C)C)C(=O)[C@@H]13)c1ccccc1. The van der Waals surface area contributed by atoms with Gasteiger partial charge < -0.3 is 29.7 Å². The third kappa shape index (κ3) is 7.18. The van der Waals surface area contributed by atoms with Crippen LogP contribution in [-0.4, -0.2) is 77.2 Å². The number of benzene rings is 2. The number of para-hydroxylation sites is 1. The van der Waals surface area contributed by atoms with E-state index in [2.05, 4.69) is 18.5 Å². The first kappa shape index (κ1) is 36.3. The highest BCUT2D eigenvalue weighted by Crippen LogP contribution is 2.59. The molecule has 3 amide bonds. The topological polar surface area (TPSA) is 125 Å². The second-order valence-electron chi connectivity index (χ2n) is 13.4. The van der Waals surface area contributed by atoms with Gasteiger partial charge in [-0.1, -0.05) is 80.1 Å². The molecule has 49 heavy (non-hydrogen) atoms. The Morgan fingerprint density at radius 1 is 1.14 bits per heavy atom. The number of nitrogens with zero attached hydrogens (tertiary/aromatic N) is 2. The lowest BCUT2D eigenvalue weighted by Gasteiger charge is -2.39. The number of carbonyl (C=O) groups is 4. The average Bonchev–Trinajstić information content (AvgIpc) is 3.74. The van der Waals surface area contributed by atoms with Crippen LogP contribution in [-0.2, 0) is 28.7 Å². The van der Waals surface area contributed by atoms with Crippen LogP contribution in [0.15, 0.2) is 79.9 Å². The highest BCUT2D eigenvalue weighted by atomic mass is 35.5. The van der Waals surface area contributed by atoms with E-state index in [1.54, 1.807) is 36.4 Å². The molecule has 0 aliphatic carbocycles. The number of likely N-dealkylation sites (tertiary alicyclic amines) is 1. The monoisotopic (exact) mass is 691 g/mol. The summed E-state index contributed by atoms with van der Waals surface area (Å²) < 4.78 is 12.8. The molecule has 3 fully saturated rings. The zero-order valence-electron chi connectivity index (χ0n) is 28.1. The Labute approximate surface area is 293 Å². The van der Waals surface area contributed by atoms with Crippen molar-refractivity contribution in [2.24, 2.45) is 17.8 Å². The van der Waals surface area contributed by atoms with E-state index < -0.39 is 59.5 Å². The number of carbonyl (C=O) groups excluding carboxylic acids is 4. The Morgan fingerprint density at radius 3 is 2.51 bits per heavy atom. The lowest BCUT2D eigenvalue weighted by Crippen LogP contribution is -2.59. The maximum absolute atomic E-state index is 14.8. The minimum atomic E-state index is -1.32. The van der Waals surface area contributed by atoms with Gasteiger partial charge >= 0.3 is 5.97 Å². The summed E-state index contributed by atoms with van der Waals surface area (Å²) in [5.41, 5.74) is -0.187. The number of halogens is 1. The van der Waals surface area contributed by atoms with Crippen LogP contribution in [0.5, 0.6) is 0 Å². The van der Waals surface area contributed by atoms with Crippen molar-refractivity contribution in [2.45, 2.75) is 75.8 Å². The Kier molecular flexibility index (Phi) is 11.6. The number of anilines is 1. The smallest absolute Gasteiger partial charge is 0.313 e. The van der Waals surface area contributed by atoms with Crippen molar-refractivity contribution in [3.63, 3.8) is 0 Å². The second-order valence-corrected chi connectivity index (χ2v) is 13.8. The Balaban J connectivity index is 1.51. The highest BCUT2D eigenvalue weighted by molar-refractivity contribution is 6.34. The number of aliphatic hydroxyl groups is 1. The quantitative estimate of drug-likeness (QED) is 0.187. The molecule has 0 unspecified atom stereocenters. The fourth-order valence-electron chi connectivity index (χ4n) is 7.75. The van der Waals surface area contributed by atoms with Gasteiger partial charge in [0.05, 0.1) is 47.8 Å². The van der Waals surface area contributed by atoms with E-state index in [1.165, 1.54) is 9.80 Å². The maximum atomic E-state index is 14.8. The third-order valence-electron chi connectivity index (χ3n) is 9.80. The molecular weight excluding hydrogens is 646 g/mol. The van der Waals surface area contributed by atoms with Gasteiger partial charge in [0.15, 0.2) is 0 Å². The van der Waals surface area contributed by atoms with E-state index in [9.17, 15) is 24.3 Å². The van der Waals surface area contributed by atoms with Gasteiger partial charge in [-0.2, -0.15) is 0 Å². The predicted molar refractivity (Wildman–Crippen MR) is 186 cm³/mol. The molecule has 2 N–H and O–H groups in total. The van der Waals surface area contributed by atoms with Gasteiger partial charge in [-0.05, 0) is 49.3 Å². The molecule has 5 rings (SSSR count). The standard InChI is InChI=1S/C38H46ClN3O7/c1-5-7-17-31(44)40-22-30(25-13-9-8-10-14-25)48-37(47)32-29-18-19-38(49-29)33(32)35(45)42(26(23-43)21-24(3)4)34(38)36(46)41(20-6-2)28-16-12-11-15-27(28)39/h5-6,8-16,24,26,29-30,32-34,43H,1-2,7,17-23H2,3-4H3,(H,40,44)/t26-,29+,30-,32-,33-,34+,38-/m1/s1. The molecule has 11 heteroatoms. The van der Waals surface area contributed by atoms with E-state index in [0.29, 0.717) is 42.0 Å². The van der Waals surface area contributed by atoms with E-state index in [-0.39, 0.29) is 37.9 Å². The van der Waals surface area contributed by atoms with E-state index >= 15 is 0 Å². The fourth-order valence-corrected chi connectivity index (χ4v) is 7.99. The zero-order valence-corrected chi connectivity index (χ0v) is 28.9. The van der Waals surface area contributed by atoms with Crippen LogP contribution < -0.4 is 10.2 Å². The first-order valence-electron chi connectivity index (χ1n) is 17.0. The van der Waals surface area contributed by atoms with E-state index in [4.69, 9.17) is 21.1 Å². The summed E-state index contributed by atoms with van der Waals surface area (Å²) >= 11 is 6.58. The van der Waals surface area contributed by atoms with Gasteiger partial charge in [0, 0.05) is 13.0 Å². The molecule has 10 nitrogen and oxygen atoms in total. The number of ether oxygens (including phenoxy) is 2. The number of rotatable bonds is 16. The normalized spacial score (nSPS) is 25.1. The number of esters is 1. The molecule has 262 valence electrons. The molecule has 7 atom stereocenters. The number of amides is 3. The van der Waals surface area contributed by atoms with Gasteiger partial charge in [-0.3, -0.25) is 19.2 Å². The average molecular weight is 692 g/mol. The molecule has 3 saturated heterocycles. The maximum Gasteiger partial charge on any atom is 0.313 e. The molecule has 2 aromatic rings. The lowest BCUT2D eigenvalue weighted by atomic mass is 9.70. The van der Waals surface area contributed by atoms with Gasteiger partial charge in [-0.25, -0.2) is 0 Å². The Morgan fingerprint density at radius 2 is 1.86 bits per heavy atom. The molecule has 0 saturated carbocycles. The van der Waals surface area contributed by atoms with Crippen molar-refractivity contribution in [1.82, 2.24) is 10.2 Å². The number of aliphatic hydroxyl groups excluding tert-OH is 1. The van der Waals surface area contributed by atoms with E-state index in [1.807, 2.05) is 44.2 Å². The molecule has 0 radical (unpaired) electrons. The molecule has 1 spiro atoms. The van der Waals surface area contributed by atoms with Crippen LogP contribution >= 0.6 is 11.6 Å². The summed E-state index contributed by atoms with van der Waals surface area (Å²) in [4.78, 5) is 59.2. The molecule has 0 aromatic heterocycles. The summed E-state index contributed by atoms with van der Waals surface area (Å²) in [7, 11) is 0. The number of nitrogens with one attached hydrogen (secondary N) is 1. The highest BCUT2D eigenvalue weighted by Gasteiger charge is 2.75. The predicted octanol–water partition coefficient (Wildman–Crippen LogP) is 5.01. The second kappa shape index (κ2) is 15.7. The van der Waals surface area contributed by atoms with Gasteiger partial charge in [0.25, 0.3) is 5.91 Å². The van der Waals surface area contributed by atoms with Crippen LogP contribution in [0, 0.1) is 17.8 Å². The van der Waals surface area contributed by atoms with Gasteiger partial charge in [-0.15, -0.1) is 13.2 Å². The number of hydrogen-bond donors (Lipinski definition) is 2. The van der Waals surface area contributed by atoms with Crippen LogP contribution in [0.4, 0.5) is 5.69 Å².